The van der Waals surface area contributed by atoms with Gasteiger partial charge in [0, 0.05) is 0 Å². The molecule has 0 heterocycles. The first-order chi connectivity index (χ1) is 5.04. The molecule has 0 saturated heterocycles. The highest BCUT2D eigenvalue weighted by Gasteiger charge is 2.21. The van der Waals surface area contributed by atoms with E-state index in [1.165, 1.54) is 0 Å². The number of nitrogens with zero attached hydrogens (tertiary/aromatic N) is 2. The summed E-state index contributed by atoms with van der Waals surface area (Å²) in [4.78, 5) is 1.92. The Labute approximate surface area is 68.8 Å². The number of rotatable bonds is 2. The van der Waals surface area contributed by atoms with E-state index in [1.54, 1.807) is 6.92 Å². The molecule has 0 aliphatic carbocycles. The van der Waals surface area contributed by atoms with E-state index in [0.717, 1.165) is 0 Å². The third kappa shape index (κ3) is 3.07. The summed E-state index contributed by atoms with van der Waals surface area (Å²) in [5.41, 5.74) is -0.413. The maximum atomic E-state index is 8.72. The molecule has 0 unspecified atom stereocenters. The Kier molecular flexibility index (Phi) is 3.65. The fourth-order valence-corrected chi connectivity index (χ4v) is 0.481. The van der Waals surface area contributed by atoms with Crippen LogP contribution in [0, 0.1) is 23.2 Å². The summed E-state index contributed by atoms with van der Waals surface area (Å²) < 4.78 is 0. The zero-order valence-electron chi connectivity index (χ0n) is 7.60. The largest absolute Gasteiger partial charge is 0.278 e. The van der Waals surface area contributed by atoms with Crippen LogP contribution in [0.3, 0.4) is 0 Å². The van der Waals surface area contributed by atoms with Gasteiger partial charge in [-0.15, -0.1) is 5.92 Å². The Hall–Kier alpha value is -0.990. The highest BCUT2D eigenvalue weighted by Crippen LogP contribution is 2.08. The molecule has 11 heavy (non-hydrogen) atoms. The third-order valence-corrected chi connectivity index (χ3v) is 1.72. The second-order valence-corrected chi connectivity index (χ2v) is 2.95. The van der Waals surface area contributed by atoms with E-state index in [1.807, 2.05) is 25.8 Å². The summed E-state index contributed by atoms with van der Waals surface area (Å²) in [5, 5.41) is 8.72. The SMILES string of the molecule is CC#CCN(C)C(C)(C)C#N. The van der Waals surface area contributed by atoms with Crippen molar-refractivity contribution in [2.75, 3.05) is 13.6 Å². The number of hydrogen-bond donors (Lipinski definition) is 0. The monoisotopic (exact) mass is 150 g/mol. The molecule has 0 N–H and O–H groups in total. The Bertz CT molecular complexity index is 212. The predicted molar refractivity (Wildman–Crippen MR) is 45.8 cm³/mol. The van der Waals surface area contributed by atoms with Crippen LogP contribution in [0.5, 0.6) is 0 Å². The van der Waals surface area contributed by atoms with Crippen molar-refractivity contribution in [3.63, 3.8) is 0 Å². The molecule has 0 rings (SSSR count). The summed E-state index contributed by atoms with van der Waals surface area (Å²) in [5.74, 6) is 5.71. The molecule has 0 amide bonds. The average Bonchev–Trinajstić information content (AvgIpc) is 2.00. The lowest BCUT2D eigenvalue weighted by Crippen LogP contribution is -2.39. The first-order valence-electron chi connectivity index (χ1n) is 3.56. The Balaban J connectivity index is 4.11. The molecule has 0 aliphatic heterocycles. The lowest BCUT2D eigenvalue weighted by Gasteiger charge is -2.26. The Morgan fingerprint density at radius 2 is 2.00 bits per heavy atom. The highest BCUT2D eigenvalue weighted by atomic mass is 15.2. The normalized spacial score (nSPS) is 10.2. The van der Waals surface area contributed by atoms with E-state index in [2.05, 4.69) is 17.9 Å². The van der Waals surface area contributed by atoms with Gasteiger partial charge in [0.1, 0.15) is 5.54 Å². The van der Waals surface area contributed by atoms with Gasteiger partial charge in [-0.3, -0.25) is 4.90 Å². The van der Waals surface area contributed by atoms with Crippen molar-refractivity contribution in [2.24, 2.45) is 0 Å². The zero-order chi connectivity index (χ0) is 8.91. The van der Waals surface area contributed by atoms with Crippen molar-refractivity contribution in [2.45, 2.75) is 26.3 Å². The molecule has 0 aromatic carbocycles. The molecule has 0 aliphatic rings. The molecule has 0 aromatic rings. The number of nitriles is 1. The minimum absolute atomic E-state index is 0.413. The second-order valence-electron chi connectivity index (χ2n) is 2.95. The van der Waals surface area contributed by atoms with Gasteiger partial charge in [-0.1, -0.05) is 5.92 Å². The Morgan fingerprint density at radius 1 is 1.45 bits per heavy atom. The van der Waals surface area contributed by atoms with Gasteiger partial charge in [-0.2, -0.15) is 5.26 Å². The molecular weight excluding hydrogens is 136 g/mol. The Morgan fingerprint density at radius 3 is 2.36 bits per heavy atom. The molecule has 0 fully saturated rings. The third-order valence-electron chi connectivity index (χ3n) is 1.72. The summed E-state index contributed by atoms with van der Waals surface area (Å²) in [6.07, 6.45) is 0. The summed E-state index contributed by atoms with van der Waals surface area (Å²) in [6, 6.07) is 2.21. The van der Waals surface area contributed by atoms with Gasteiger partial charge >= 0.3 is 0 Å². The minimum Gasteiger partial charge on any atom is -0.278 e. The summed E-state index contributed by atoms with van der Waals surface area (Å²) in [7, 11) is 1.90. The maximum Gasteiger partial charge on any atom is 0.104 e. The highest BCUT2D eigenvalue weighted by molar-refractivity contribution is 5.06. The van der Waals surface area contributed by atoms with E-state index in [-0.39, 0.29) is 0 Å². The van der Waals surface area contributed by atoms with E-state index < -0.39 is 5.54 Å². The standard InChI is InChI=1S/C9H14N2/c1-5-6-7-11(4)9(2,3)8-10/h7H2,1-4H3. The molecule has 60 valence electrons. The molecule has 2 nitrogen and oxygen atoms in total. The fourth-order valence-electron chi connectivity index (χ4n) is 0.481. The van der Waals surface area contributed by atoms with Crippen LogP contribution < -0.4 is 0 Å². The fraction of sp³-hybridized carbons (Fsp3) is 0.667. The molecule has 0 bridgehead atoms. The minimum atomic E-state index is -0.413. The van der Waals surface area contributed by atoms with Crippen molar-refractivity contribution < 1.29 is 0 Å². The molecule has 2 heteroatoms. The molecular formula is C9H14N2. The van der Waals surface area contributed by atoms with Crippen molar-refractivity contribution in [3.8, 4) is 17.9 Å². The molecule has 0 spiro atoms. The molecule has 0 saturated carbocycles. The number of hydrogen-bond acceptors (Lipinski definition) is 2. The summed E-state index contributed by atoms with van der Waals surface area (Å²) in [6.45, 7) is 6.21. The van der Waals surface area contributed by atoms with Gasteiger partial charge in [0.2, 0.25) is 0 Å². The zero-order valence-corrected chi connectivity index (χ0v) is 7.60. The molecule has 0 radical (unpaired) electrons. The quantitative estimate of drug-likeness (QED) is 0.554. The first kappa shape index (κ1) is 10.0. The van der Waals surface area contributed by atoms with E-state index >= 15 is 0 Å². The average molecular weight is 150 g/mol. The smallest absolute Gasteiger partial charge is 0.104 e. The van der Waals surface area contributed by atoms with Crippen LogP contribution in [0.15, 0.2) is 0 Å². The van der Waals surface area contributed by atoms with Crippen LogP contribution in [0.4, 0.5) is 0 Å². The van der Waals surface area contributed by atoms with Gasteiger partial charge < -0.3 is 0 Å². The van der Waals surface area contributed by atoms with Gasteiger partial charge in [0.25, 0.3) is 0 Å². The van der Waals surface area contributed by atoms with Crippen LogP contribution in [0.1, 0.15) is 20.8 Å². The molecule has 0 atom stereocenters. The molecule has 0 aromatic heterocycles. The van der Waals surface area contributed by atoms with Gasteiger partial charge in [0.15, 0.2) is 0 Å². The van der Waals surface area contributed by atoms with Gasteiger partial charge in [-0.25, -0.2) is 0 Å². The van der Waals surface area contributed by atoms with Gasteiger partial charge in [-0.05, 0) is 27.8 Å². The van der Waals surface area contributed by atoms with E-state index in [9.17, 15) is 0 Å². The van der Waals surface area contributed by atoms with E-state index in [4.69, 9.17) is 5.26 Å². The van der Waals surface area contributed by atoms with Crippen molar-refractivity contribution in [3.05, 3.63) is 0 Å². The van der Waals surface area contributed by atoms with Crippen LogP contribution in [0.25, 0.3) is 0 Å². The van der Waals surface area contributed by atoms with Crippen LogP contribution in [-0.4, -0.2) is 24.0 Å². The topological polar surface area (TPSA) is 27.0 Å². The predicted octanol–water partition coefficient (Wildman–Crippen LogP) is 1.24. The van der Waals surface area contributed by atoms with Crippen LogP contribution in [-0.2, 0) is 0 Å². The van der Waals surface area contributed by atoms with Crippen molar-refractivity contribution in [1.82, 2.24) is 4.90 Å². The van der Waals surface area contributed by atoms with Crippen LogP contribution >= 0.6 is 0 Å². The maximum absolute atomic E-state index is 8.72. The van der Waals surface area contributed by atoms with Crippen LogP contribution in [0.2, 0.25) is 0 Å². The van der Waals surface area contributed by atoms with E-state index in [0.29, 0.717) is 6.54 Å². The lowest BCUT2D eigenvalue weighted by molar-refractivity contribution is 0.238. The second kappa shape index (κ2) is 4.01. The first-order valence-corrected chi connectivity index (χ1v) is 3.56. The van der Waals surface area contributed by atoms with Crippen molar-refractivity contribution in [1.29, 1.82) is 5.26 Å². The van der Waals surface area contributed by atoms with Gasteiger partial charge in [0.05, 0.1) is 12.6 Å². The summed E-state index contributed by atoms with van der Waals surface area (Å²) >= 11 is 0. The van der Waals surface area contributed by atoms with Crippen molar-refractivity contribution >= 4 is 0 Å². The lowest BCUT2D eigenvalue weighted by atomic mass is 10.1.